The molecule has 5 heteroatoms. The van der Waals surface area contributed by atoms with Crippen LogP contribution in [0, 0.1) is 0 Å². The molecule has 0 bridgehead atoms. The summed E-state index contributed by atoms with van der Waals surface area (Å²) in [4.78, 5) is 6.32. The maximum Gasteiger partial charge on any atom is 0.147 e. The van der Waals surface area contributed by atoms with Gasteiger partial charge in [0.25, 0.3) is 0 Å². The molecule has 0 aromatic carbocycles. The molecule has 1 N–H and O–H groups in total. The predicted octanol–water partition coefficient (Wildman–Crippen LogP) is 2.53. The average Bonchev–Trinajstić information content (AvgIpc) is 2.70. The van der Waals surface area contributed by atoms with Crippen LogP contribution < -0.4 is 10.2 Å². The van der Waals surface area contributed by atoms with Crippen molar-refractivity contribution < 1.29 is 0 Å². The van der Waals surface area contributed by atoms with Crippen LogP contribution in [0.3, 0.4) is 0 Å². The number of anilines is 1. The lowest BCUT2D eigenvalue weighted by atomic mass is 10.3. The van der Waals surface area contributed by atoms with Crippen molar-refractivity contribution >= 4 is 28.9 Å². The molecule has 1 atom stereocenters. The number of hydrogen-bond donors (Lipinski definition) is 1. The first-order valence-electron chi connectivity index (χ1n) is 4.97. The summed E-state index contributed by atoms with van der Waals surface area (Å²) in [5.41, 5.74) is 1.03. The topological polar surface area (TPSA) is 28.2 Å². The quantitative estimate of drug-likeness (QED) is 0.813. The van der Waals surface area contributed by atoms with Gasteiger partial charge in [0.2, 0.25) is 0 Å². The molecular formula is C10H13Cl2N3. The predicted molar refractivity (Wildman–Crippen MR) is 63.7 cm³/mol. The number of pyridine rings is 1. The van der Waals surface area contributed by atoms with Crippen LogP contribution in [0.2, 0.25) is 10.2 Å². The van der Waals surface area contributed by atoms with Gasteiger partial charge in [0, 0.05) is 6.54 Å². The Hall–Kier alpha value is -0.510. The van der Waals surface area contributed by atoms with Gasteiger partial charge in [-0.1, -0.05) is 23.2 Å². The number of nitrogens with zero attached hydrogens (tertiary/aromatic N) is 2. The first-order chi connectivity index (χ1) is 7.22. The van der Waals surface area contributed by atoms with Gasteiger partial charge >= 0.3 is 0 Å². The van der Waals surface area contributed by atoms with E-state index < -0.39 is 0 Å². The van der Waals surface area contributed by atoms with E-state index in [1.54, 1.807) is 6.20 Å². The van der Waals surface area contributed by atoms with Gasteiger partial charge in [-0.3, -0.25) is 0 Å². The maximum atomic E-state index is 5.94. The second-order valence-corrected chi connectivity index (χ2v) is 4.37. The fraction of sp³-hybridized carbons (Fsp3) is 0.500. The molecule has 1 unspecified atom stereocenters. The summed E-state index contributed by atoms with van der Waals surface area (Å²) < 4.78 is 0. The van der Waals surface area contributed by atoms with Crippen molar-refractivity contribution in [3.63, 3.8) is 0 Å². The van der Waals surface area contributed by atoms with Gasteiger partial charge in [-0.05, 0) is 26.0 Å². The van der Waals surface area contributed by atoms with Crippen molar-refractivity contribution in [2.75, 3.05) is 18.5 Å². The standard InChI is InChI=1S/C10H13Cl2N3/c1-13-9-3-2-4-15(9)7-5-8(11)10(12)14-6-7/h5-6,9,13H,2-4H2,1H3. The monoisotopic (exact) mass is 245 g/mol. The molecule has 0 radical (unpaired) electrons. The second-order valence-electron chi connectivity index (χ2n) is 3.61. The largest absolute Gasteiger partial charge is 0.355 e. The first-order valence-corrected chi connectivity index (χ1v) is 5.73. The Morgan fingerprint density at radius 1 is 1.53 bits per heavy atom. The molecule has 0 spiro atoms. The molecule has 1 fully saturated rings. The van der Waals surface area contributed by atoms with Crippen molar-refractivity contribution in [1.82, 2.24) is 10.3 Å². The Labute approximate surface area is 99.4 Å². The molecule has 15 heavy (non-hydrogen) atoms. The van der Waals surface area contributed by atoms with Gasteiger partial charge in [0.15, 0.2) is 0 Å². The highest BCUT2D eigenvalue weighted by atomic mass is 35.5. The summed E-state index contributed by atoms with van der Waals surface area (Å²) in [6, 6.07) is 1.87. The lowest BCUT2D eigenvalue weighted by molar-refractivity contribution is 0.582. The molecule has 0 aliphatic carbocycles. The number of halogens is 2. The Bertz CT molecular complexity index is 357. The van der Waals surface area contributed by atoms with Gasteiger partial charge in [0.05, 0.1) is 23.1 Å². The number of rotatable bonds is 2. The minimum atomic E-state index is 0.362. The van der Waals surface area contributed by atoms with Crippen LogP contribution in [0.5, 0.6) is 0 Å². The average molecular weight is 246 g/mol. The minimum Gasteiger partial charge on any atom is -0.355 e. The van der Waals surface area contributed by atoms with Crippen LogP contribution in [-0.2, 0) is 0 Å². The first kappa shape index (κ1) is 11.0. The third kappa shape index (κ3) is 2.19. The van der Waals surface area contributed by atoms with Crippen LogP contribution in [0.1, 0.15) is 12.8 Å². The highest BCUT2D eigenvalue weighted by molar-refractivity contribution is 6.41. The molecule has 82 valence electrons. The summed E-state index contributed by atoms with van der Waals surface area (Å²) in [5, 5.41) is 4.14. The van der Waals surface area contributed by atoms with Crippen molar-refractivity contribution in [3.8, 4) is 0 Å². The highest BCUT2D eigenvalue weighted by Gasteiger charge is 2.23. The van der Waals surface area contributed by atoms with E-state index in [0.29, 0.717) is 16.3 Å². The zero-order valence-electron chi connectivity index (χ0n) is 8.50. The van der Waals surface area contributed by atoms with Crippen molar-refractivity contribution in [3.05, 3.63) is 22.4 Å². The zero-order valence-corrected chi connectivity index (χ0v) is 10.0. The van der Waals surface area contributed by atoms with E-state index in [1.165, 1.54) is 6.42 Å². The maximum absolute atomic E-state index is 5.94. The molecule has 3 nitrogen and oxygen atoms in total. The van der Waals surface area contributed by atoms with Crippen molar-refractivity contribution in [1.29, 1.82) is 0 Å². The summed E-state index contributed by atoms with van der Waals surface area (Å²) >= 11 is 11.7. The normalized spacial score (nSPS) is 21.0. The Morgan fingerprint density at radius 2 is 2.33 bits per heavy atom. The van der Waals surface area contributed by atoms with Crippen molar-refractivity contribution in [2.24, 2.45) is 0 Å². The van der Waals surface area contributed by atoms with E-state index in [0.717, 1.165) is 18.7 Å². The second kappa shape index (κ2) is 4.56. The van der Waals surface area contributed by atoms with Gasteiger partial charge in [-0.2, -0.15) is 0 Å². The lowest BCUT2D eigenvalue weighted by Gasteiger charge is -2.26. The molecular weight excluding hydrogens is 233 g/mol. The molecule has 2 rings (SSSR count). The fourth-order valence-corrected chi connectivity index (χ4v) is 2.21. The molecule has 2 heterocycles. The molecule has 1 saturated heterocycles. The SMILES string of the molecule is CNC1CCCN1c1cnc(Cl)c(Cl)c1. The minimum absolute atomic E-state index is 0.362. The van der Waals surface area contributed by atoms with Crippen molar-refractivity contribution in [2.45, 2.75) is 19.0 Å². The third-order valence-corrected chi connectivity index (χ3v) is 3.39. The number of nitrogens with one attached hydrogen (secondary N) is 1. The summed E-state index contributed by atoms with van der Waals surface area (Å²) in [6.45, 7) is 1.03. The summed E-state index contributed by atoms with van der Waals surface area (Å²) in [6.07, 6.45) is 4.48. The molecule has 1 aliphatic heterocycles. The highest BCUT2D eigenvalue weighted by Crippen LogP contribution is 2.28. The molecule has 0 amide bonds. The molecule has 1 aromatic heterocycles. The van der Waals surface area contributed by atoms with E-state index in [9.17, 15) is 0 Å². The third-order valence-electron chi connectivity index (χ3n) is 2.70. The van der Waals surface area contributed by atoms with E-state index in [2.05, 4.69) is 15.2 Å². The molecule has 1 aromatic rings. The lowest BCUT2D eigenvalue weighted by Crippen LogP contribution is -2.39. The van der Waals surface area contributed by atoms with Gasteiger partial charge < -0.3 is 10.2 Å². The molecule has 0 saturated carbocycles. The van der Waals surface area contributed by atoms with Crippen LogP contribution in [0.15, 0.2) is 12.3 Å². The zero-order chi connectivity index (χ0) is 10.8. The van der Waals surface area contributed by atoms with E-state index in [4.69, 9.17) is 23.2 Å². The van der Waals surface area contributed by atoms with E-state index >= 15 is 0 Å². The van der Waals surface area contributed by atoms with Crippen LogP contribution in [-0.4, -0.2) is 24.7 Å². The van der Waals surface area contributed by atoms with Crippen LogP contribution in [0.25, 0.3) is 0 Å². The Kier molecular flexibility index (Phi) is 3.34. The number of hydrogen-bond acceptors (Lipinski definition) is 3. The summed E-state index contributed by atoms with van der Waals surface area (Å²) in [5.74, 6) is 0. The Morgan fingerprint density at radius 3 is 3.00 bits per heavy atom. The van der Waals surface area contributed by atoms with Gasteiger partial charge in [-0.15, -0.1) is 0 Å². The number of aromatic nitrogens is 1. The Balaban J connectivity index is 2.25. The molecule has 1 aliphatic rings. The van der Waals surface area contributed by atoms with Crippen LogP contribution in [0.4, 0.5) is 5.69 Å². The smallest absolute Gasteiger partial charge is 0.147 e. The van der Waals surface area contributed by atoms with E-state index in [-0.39, 0.29) is 0 Å². The van der Waals surface area contributed by atoms with Gasteiger partial charge in [-0.25, -0.2) is 4.98 Å². The van der Waals surface area contributed by atoms with Gasteiger partial charge in [0.1, 0.15) is 5.15 Å². The fourth-order valence-electron chi connectivity index (χ4n) is 1.94. The van der Waals surface area contributed by atoms with E-state index in [1.807, 2.05) is 13.1 Å². The summed E-state index contributed by atoms with van der Waals surface area (Å²) in [7, 11) is 1.97. The van der Waals surface area contributed by atoms with Crippen LogP contribution >= 0.6 is 23.2 Å².